The second-order valence-electron chi connectivity index (χ2n) is 18.6. The van der Waals surface area contributed by atoms with Gasteiger partial charge in [-0.2, -0.15) is 0 Å². The summed E-state index contributed by atoms with van der Waals surface area (Å²) in [6.45, 7) is 14.1. The number of piperazine rings is 1. The predicted molar refractivity (Wildman–Crippen MR) is 241 cm³/mol. The Morgan fingerprint density at radius 2 is 1.83 bits per heavy atom. The lowest BCUT2D eigenvalue weighted by Gasteiger charge is -2.39. The molecule has 4 amide bonds. The van der Waals surface area contributed by atoms with E-state index in [1.54, 1.807) is 37.4 Å². The summed E-state index contributed by atoms with van der Waals surface area (Å²) in [7, 11) is 5.33. The number of urea groups is 1. The number of nitrogens with one attached hydrogen (secondary N) is 2. The number of aryl methyl sites for hydroxylation is 1. The highest BCUT2D eigenvalue weighted by Crippen LogP contribution is 2.41. The first-order valence-corrected chi connectivity index (χ1v) is 22.2. The van der Waals surface area contributed by atoms with Crippen molar-refractivity contribution in [3.63, 3.8) is 0 Å². The van der Waals surface area contributed by atoms with Crippen LogP contribution in [0.1, 0.15) is 64.2 Å². The molecule has 2 aromatic heterocycles. The summed E-state index contributed by atoms with van der Waals surface area (Å²) in [5.41, 5.74) is 9.91. The van der Waals surface area contributed by atoms with Crippen LogP contribution in [-0.2, 0) is 49.9 Å². The van der Waals surface area contributed by atoms with Gasteiger partial charge in [0.05, 0.1) is 18.9 Å². The van der Waals surface area contributed by atoms with Gasteiger partial charge in [0.25, 0.3) is 5.91 Å². The van der Waals surface area contributed by atoms with Crippen molar-refractivity contribution in [1.29, 1.82) is 0 Å². The third-order valence-corrected chi connectivity index (χ3v) is 12.7. The number of carbonyl (C=O) groups is 4. The molecule has 5 heterocycles. The van der Waals surface area contributed by atoms with Crippen molar-refractivity contribution in [2.24, 2.45) is 11.3 Å². The molecule has 7 rings (SSSR count). The number of cyclic esters (lactones) is 1. The van der Waals surface area contributed by atoms with Crippen molar-refractivity contribution in [2.45, 2.75) is 91.6 Å². The number of amides is 4. The molecule has 15 heteroatoms. The van der Waals surface area contributed by atoms with Crippen LogP contribution in [0, 0.1) is 11.3 Å². The molecule has 0 spiro atoms. The Morgan fingerprint density at radius 3 is 2.54 bits per heavy atom. The summed E-state index contributed by atoms with van der Waals surface area (Å²) in [6, 6.07) is 10.5. The zero-order valence-electron chi connectivity index (χ0n) is 38.1. The number of methoxy groups -OCH3 is 1. The second-order valence-corrected chi connectivity index (χ2v) is 18.6. The minimum atomic E-state index is -1.11. The zero-order chi connectivity index (χ0) is 45.2. The quantitative estimate of drug-likeness (QED) is 0.201. The van der Waals surface area contributed by atoms with Crippen LogP contribution in [0.2, 0.25) is 0 Å². The van der Waals surface area contributed by atoms with Gasteiger partial charge in [0.2, 0.25) is 5.91 Å². The number of esters is 1. The van der Waals surface area contributed by atoms with Gasteiger partial charge in [0, 0.05) is 94.1 Å². The number of phenolic OH excluding ortho intramolecular Hbond substituents is 1. The Labute approximate surface area is 370 Å². The van der Waals surface area contributed by atoms with Crippen LogP contribution in [0.5, 0.6) is 5.75 Å². The molecular weight excluding hydrogens is 801 g/mol. The molecule has 338 valence electrons. The van der Waals surface area contributed by atoms with Gasteiger partial charge in [0.15, 0.2) is 0 Å². The topological polar surface area (TPSA) is 162 Å². The van der Waals surface area contributed by atoms with Crippen molar-refractivity contribution >= 4 is 34.7 Å². The number of hydrazine groups is 1. The van der Waals surface area contributed by atoms with Gasteiger partial charge in [-0.05, 0) is 97.3 Å². The predicted octanol–water partition coefficient (Wildman–Crippen LogP) is 5.21. The van der Waals surface area contributed by atoms with Crippen LogP contribution in [0.25, 0.3) is 33.3 Å². The molecule has 3 aliphatic heterocycles. The molecule has 2 fully saturated rings. The molecule has 63 heavy (non-hydrogen) atoms. The van der Waals surface area contributed by atoms with Gasteiger partial charge < -0.3 is 39.2 Å². The Morgan fingerprint density at radius 1 is 1.06 bits per heavy atom. The number of rotatable bonds is 8. The molecule has 2 aromatic carbocycles. The number of hydrogen-bond acceptors (Lipinski definition) is 10. The number of benzene rings is 2. The van der Waals surface area contributed by atoms with E-state index in [9.17, 15) is 24.3 Å². The number of nitrogens with zero attached hydrogens (tertiary/aromatic N) is 6. The molecule has 4 aromatic rings. The largest absolute Gasteiger partial charge is 0.508 e. The fourth-order valence-electron chi connectivity index (χ4n) is 9.45. The number of pyridine rings is 1. The Balaban J connectivity index is 1.32. The number of phenols is 1. The minimum Gasteiger partial charge on any atom is -0.508 e. The number of aromatic nitrogens is 2. The molecule has 0 radical (unpaired) electrons. The number of aromatic hydroxyl groups is 1. The van der Waals surface area contributed by atoms with Crippen LogP contribution in [-0.4, -0.2) is 137 Å². The average Bonchev–Trinajstić information content (AvgIpc) is 3.56. The summed E-state index contributed by atoms with van der Waals surface area (Å²) in [4.78, 5) is 66.7. The molecular formula is C48H64N8O7. The van der Waals surface area contributed by atoms with Gasteiger partial charge in [-0.3, -0.25) is 24.4 Å². The number of ether oxygens (including phenoxy) is 2. The van der Waals surface area contributed by atoms with E-state index in [0.717, 1.165) is 57.5 Å². The van der Waals surface area contributed by atoms with Gasteiger partial charge in [0.1, 0.15) is 23.9 Å². The normalized spacial score (nSPS) is 20.3. The van der Waals surface area contributed by atoms with E-state index in [4.69, 9.17) is 9.47 Å². The lowest BCUT2D eigenvalue weighted by Crippen LogP contribution is -2.62. The van der Waals surface area contributed by atoms with Crippen LogP contribution in [0.15, 0.2) is 54.9 Å². The van der Waals surface area contributed by atoms with E-state index in [0.29, 0.717) is 57.6 Å². The monoisotopic (exact) mass is 864 g/mol. The number of carbonyl (C=O) groups excluding carboxylic acids is 4. The fraction of sp³-hybridized carbons (Fsp3) is 0.521. The molecule has 0 aliphatic carbocycles. The van der Waals surface area contributed by atoms with Crippen molar-refractivity contribution < 1.29 is 33.8 Å². The fourth-order valence-corrected chi connectivity index (χ4v) is 9.45. The van der Waals surface area contributed by atoms with Crippen LogP contribution < -0.4 is 10.7 Å². The van der Waals surface area contributed by atoms with Crippen LogP contribution in [0.3, 0.4) is 0 Å². The minimum absolute atomic E-state index is 0.0127. The van der Waals surface area contributed by atoms with E-state index < -0.39 is 41.3 Å². The van der Waals surface area contributed by atoms with E-state index in [2.05, 4.69) is 58.1 Å². The van der Waals surface area contributed by atoms with Crippen molar-refractivity contribution in [2.75, 3.05) is 60.5 Å². The van der Waals surface area contributed by atoms with E-state index in [-0.39, 0.29) is 30.7 Å². The first-order valence-electron chi connectivity index (χ1n) is 22.2. The Hall–Kier alpha value is -5.51. The lowest BCUT2D eigenvalue weighted by molar-refractivity contribution is -0.155. The van der Waals surface area contributed by atoms with Crippen molar-refractivity contribution in [3.8, 4) is 28.1 Å². The average molecular weight is 865 g/mol. The van der Waals surface area contributed by atoms with Crippen molar-refractivity contribution in [3.05, 3.63) is 71.5 Å². The summed E-state index contributed by atoms with van der Waals surface area (Å²) in [5, 5.41) is 16.7. The molecule has 15 nitrogen and oxygen atoms in total. The standard InChI is InChI=1S/C48H64N8O7/c1-9-55-41-13-12-32-25-36(41)37(43(55)38-27-49-15-14-33(38)28-62-8)26-48(4,5)29-63-46(60)39-11-10-16-56(51-39)45(59)40(23-31-21-34(32)24-35(57)22-31)50-44(58)42(30(2)3)53(7)47(61)54-19-17-52(6)18-20-54/h12-15,21-22,24-25,27,30,39-40,42,51,57H,9-11,16-20,23,26,28-29H2,1-8H3,(H,50,58)/t39-,40-,42-/m0/s1. The second kappa shape index (κ2) is 19.1. The maximum atomic E-state index is 14.7. The Kier molecular flexibility index (Phi) is 13.8. The first kappa shape index (κ1) is 45.5. The summed E-state index contributed by atoms with van der Waals surface area (Å²) in [5.74, 6) is -1.64. The first-order chi connectivity index (χ1) is 30.1. The molecule has 3 atom stereocenters. The molecule has 6 bridgehead atoms. The summed E-state index contributed by atoms with van der Waals surface area (Å²) in [6.07, 6.45) is 5.24. The highest BCUT2D eigenvalue weighted by Gasteiger charge is 2.38. The molecule has 3 aliphatic rings. The number of likely N-dealkylation sites (N-methyl/N-ethyl adjacent to an activating group) is 2. The molecule has 0 unspecified atom stereocenters. The maximum absolute atomic E-state index is 14.7. The highest BCUT2D eigenvalue weighted by atomic mass is 16.5. The SMILES string of the molecule is CCn1c(-c2cnccc2COC)c2c3cc(ccc31)-c1cc(O)cc(c1)C[C@H](NC(=O)[C@H](C(C)C)N(C)C(=O)N1CCN(C)CC1)C(=O)N1CCC[C@H](N1)C(=O)OCC(C)(C)C2. The van der Waals surface area contributed by atoms with Gasteiger partial charge in [-0.15, -0.1) is 0 Å². The number of hydrogen-bond donors (Lipinski definition) is 3. The van der Waals surface area contributed by atoms with Crippen molar-refractivity contribution in [1.82, 2.24) is 40.0 Å². The van der Waals surface area contributed by atoms with Gasteiger partial charge >= 0.3 is 12.0 Å². The van der Waals surface area contributed by atoms with E-state index >= 15 is 0 Å². The summed E-state index contributed by atoms with van der Waals surface area (Å²) >= 11 is 0. The smallest absolute Gasteiger partial charge is 0.324 e. The lowest BCUT2D eigenvalue weighted by atomic mass is 9.84. The third-order valence-electron chi connectivity index (χ3n) is 12.7. The van der Waals surface area contributed by atoms with Gasteiger partial charge in [-0.25, -0.2) is 10.2 Å². The zero-order valence-corrected chi connectivity index (χ0v) is 38.1. The third kappa shape index (κ3) is 9.85. The van der Waals surface area contributed by atoms with E-state index in [1.165, 1.54) is 9.91 Å². The maximum Gasteiger partial charge on any atom is 0.324 e. The molecule has 2 saturated heterocycles. The van der Waals surface area contributed by atoms with E-state index in [1.807, 2.05) is 45.3 Å². The number of fused-ring (bicyclic) bond motifs is 6. The Bertz CT molecular complexity index is 2330. The molecule has 0 saturated carbocycles. The highest BCUT2D eigenvalue weighted by molar-refractivity contribution is 5.96. The summed E-state index contributed by atoms with van der Waals surface area (Å²) < 4.78 is 14.0. The van der Waals surface area contributed by atoms with Gasteiger partial charge in [-0.1, -0.05) is 39.8 Å². The molecule has 3 N–H and O–H groups in total. The van der Waals surface area contributed by atoms with Crippen LogP contribution >= 0.6 is 0 Å². The van der Waals surface area contributed by atoms with Crippen LogP contribution in [0.4, 0.5) is 4.79 Å².